The van der Waals surface area contributed by atoms with Crippen LogP contribution in [0.2, 0.25) is 0 Å². The van der Waals surface area contributed by atoms with E-state index in [2.05, 4.69) is 0 Å². The average Bonchev–Trinajstić information content (AvgIpc) is 2.49. The zero-order valence-corrected chi connectivity index (χ0v) is 11.7. The van der Waals surface area contributed by atoms with E-state index in [9.17, 15) is 9.59 Å². The van der Waals surface area contributed by atoms with Gasteiger partial charge in [-0.15, -0.1) is 0 Å². The molecule has 106 valence electrons. The Bertz CT molecular complexity index is 511. The fraction of sp³-hybridized carbons (Fsp3) is 0.375. The molecule has 0 amide bonds. The molecule has 1 saturated heterocycles. The SMILES string of the molecule is COC(=O)[C@@]1(C)C(=O)CCO[C@@H]1/C=C/c1ccccc1. The zero-order chi connectivity index (χ0) is 14.6. The van der Waals surface area contributed by atoms with E-state index in [-0.39, 0.29) is 12.2 Å². The lowest BCUT2D eigenvalue weighted by Crippen LogP contribution is -2.51. The Balaban J connectivity index is 2.26. The smallest absolute Gasteiger partial charge is 0.322 e. The lowest BCUT2D eigenvalue weighted by Gasteiger charge is -2.35. The van der Waals surface area contributed by atoms with E-state index >= 15 is 0 Å². The molecule has 0 spiro atoms. The standard InChI is InChI=1S/C16H18O4/c1-16(15(18)19-2)13(17)10-11-20-14(16)9-8-12-6-4-3-5-7-12/h3-9,14H,10-11H2,1-2H3/b9-8+/t14-,16+/m1/s1. The highest BCUT2D eigenvalue weighted by Gasteiger charge is 2.50. The molecule has 2 rings (SSSR count). The van der Waals surface area contributed by atoms with Gasteiger partial charge in [0.1, 0.15) is 0 Å². The summed E-state index contributed by atoms with van der Waals surface area (Å²) < 4.78 is 10.4. The van der Waals surface area contributed by atoms with Crippen molar-refractivity contribution in [2.24, 2.45) is 5.41 Å². The van der Waals surface area contributed by atoms with Gasteiger partial charge in [0, 0.05) is 6.42 Å². The van der Waals surface area contributed by atoms with Crippen LogP contribution in [0, 0.1) is 5.41 Å². The second-order valence-electron chi connectivity index (χ2n) is 4.93. The van der Waals surface area contributed by atoms with Crippen molar-refractivity contribution in [1.29, 1.82) is 0 Å². The lowest BCUT2D eigenvalue weighted by atomic mass is 9.76. The van der Waals surface area contributed by atoms with Crippen LogP contribution in [0.3, 0.4) is 0 Å². The summed E-state index contributed by atoms with van der Waals surface area (Å²) in [6.07, 6.45) is 3.24. The summed E-state index contributed by atoms with van der Waals surface area (Å²) in [4.78, 5) is 24.1. The predicted octanol–water partition coefficient (Wildman–Crippen LogP) is 2.24. The Kier molecular flexibility index (Phi) is 4.35. The summed E-state index contributed by atoms with van der Waals surface area (Å²) in [5, 5.41) is 0. The molecular weight excluding hydrogens is 256 g/mol. The number of hydrogen-bond acceptors (Lipinski definition) is 4. The number of hydrogen-bond donors (Lipinski definition) is 0. The molecule has 0 aliphatic carbocycles. The number of esters is 1. The molecule has 2 atom stereocenters. The summed E-state index contributed by atoms with van der Waals surface area (Å²) in [5.41, 5.74) is -0.278. The predicted molar refractivity (Wildman–Crippen MR) is 75.0 cm³/mol. The molecule has 1 aromatic carbocycles. The van der Waals surface area contributed by atoms with E-state index in [4.69, 9.17) is 9.47 Å². The molecule has 1 aliphatic rings. The van der Waals surface area contributed by atoms with Gasteiger partial charge in [-0.05, 0) is 12.5 Å². The van der Waals surface area contributed by atoms with Crippen LogP contribution in [0.5, 0.6) is 0 Å². The van der Waals surface area contributed by atoms with Crippen molar-refractivity contribution in [3.63, 3.8) is 0 Å². The van der Waals surface area contributed by atoms with Crippen LogP contribution in [0.1, 0.15) is 18.9 Å². The first-order valence-corrected chi connectivity index (χ1v) is 6.55. The first-order valence-electron chi connectivity index (χ1n) is 6.55. The lowest BCUT2D eigenvalue weighted by molar-refractivity contribution is -0.170. The van der Waals surface area contributed by atoms with Gasteiger partial charge in [-0.2, -0.15) is 0 Å². The number of ketones is 1. The maximum atomic E-state index is 12.1. The van der Waals surface area contributed by atoms with Gasteiger partial charge >= 0.3 is 5.97 Å². The number of carbonyl (C=O) groups is 2. The summed E-state index contributed by atoms with van der Waals surface area (Å²) in [6, 6.07) is 9.65. The number of methoxy groups -OCH3 is 1. The largest absolute Gasteiger partial charge is 0.468 e. The molecule has 4 heteroatoms. The molecular formula is C16H18O4. The highest BCUT2D eigenvalue weighted by molar-refractivity contribution is 6.05. The summed E-state index contributed by atoms with van der Waals surface area (Å²) in [6.45, 7) is 1.91. The van der Waals surface area contributed by atoms with Gasteiger partial charge in [-0.25, -0.2) is 0 Å². The monoisotopic (exact) mass is 274 g/mol. The zero-order valence-electron chi connectivity index (χ0n) is 11.7. The highest BCUT2D eigenvalue weighted by atomic mass is 16.5. The minimum Gasteiger partial charge on any atom is -0.468 e. The van der Waals surface area contributed by atoms with Gasteiger partial charge in [0.25, 0.3) is 0 Å². The van der Waals surface area contributed by atoms with Crippen LogP contribution in [-0.4, -0.2) is 31.6 Å². The topological polar surface area (TPSA) is 52.6 Å². The van der Waals surface area contributed by atoms with E-state index < -0.39 is 17.5 Å². The molecule has 1 aliphatic heterocycles. The van der Waals surface area contributed by atoms with E-state index in [1.807, 2.05) is 36.4 Å². The van der Waals surface area contributed by atoms with Crippen molar-refractivity contribution in [2.45, 2.75) is 19.4 Å². The number of ether oxygens (including phenoxy) is 2. The molecule has 0 N–H and O–H groups in total. The molecule has 4 nitrogen and oxygen atoms in total. The number of benzene rings is 1. The van der Waals surface area contributed by atoms with Crippen molar-refractivity contribution in [1.82, 2.24) is 0 Å². The summed E-state index contributed by atoms with van der Waals surface area (Å²) in [7, 11) is 1.29. The first-order chi connectivity index (χ1) is 9.59. The summed E-state index contributed by atoms with van der Waals surface area (Å²) >= 11 is 0. The first kappa shape index (κ1) is 14.5. The third-order valence-electron chi connectivity index (χ3n) is 3.65. The van der Waals surface area contributed by atoms with Crippen molar-refractivity contribution in [3.8, 4) is 0 Å². The van der Waals surface area contributed by atoms with Crippen LogP contribution in [0.15, 0.2) is 36.4 Å². The third kappa shape index (κ3) is 2.65. The van der Waals surface area contributed by atoms with E-state index in [0.717, 1.165) is 5.56 Å². The van der Waals surface area contributed by atoms with Gasteiger partial charge < -0.3 is 9.47 Å². The normalized spacial score (nSPS) is 26.7. The van der Waals surface area contributed by atoms with E-state index in [1.165, 1.54) is 7.11 Å². The van der Waals surface area contributed by atoms with Crippen LogP contribution in [0.25, 0.3) is 6.08 Å². The Hall–Kier alpha value is -1.94. The Morgan fingerprint density at radius 2 is 2.10 bits per heavy atom. The van der Waals surface area contributed by atoms with Crippen molar-refractivity contribution in [2.75, 3.05) is 13.7 Å². The van der Waals surface area contributed by atoms with E-state index in [1.54, 1.807) is 13.0 Å². The number of rotatable bonds is 3. The minimum atomic E-state index is -1.27. The molecule has 0 bridgehead atoms. The van der Waals surface area contributed by atoms with Crippen LogP contribution in [0.4, 0.5) is 0 Å². The second kappa shape index (κ2) is 6.01. The Morgan fingerprint density at radius 1 is 1.40 bits per heavy atom. The highest BCUT2D eigenvalue weighted by Crippen LogP contribution is 2.33. The fourth-order valence-electron chi connectivity index (χ4n) is 2.32. The van der Waals surface area contributed by atoms with Crippen molar-refractivity contribution in [3.05, 3.63) is 42.0 Å². The minimum absolute atomic E-state index is 0.140. The number of carbonyl (C=O) groups excluding carboxylic acids is 2. The Morgan fingerprint density at radius 3 is 2.75 bits per heavy atom. The van der Waals surface area contributed by atoms with Crippen LogP contribution in [-0.2, 0) is 19.1 Å². The van der Waals surface area contributed by atoms with Gasteiger partial charge in [-0.1, -0.05) is 42.5 Å². The second-order valence-corrected chi connectivity index (χ2v) is 4.93. The van der Waals surface area contributed by atoms with E-state index in [0.29, 0.717) is 6.61 Å². The maximum absolute atomic E-state index is 12.1. The quantitative estimate of drug-likeness (QED) is 0.626. The molecule has 20 heavy (non-hydrogen) atoms. The third-order valence-corrected chi connectivity index (χ3v) is 3.65. The molecule has 1 aromatic rings. The fourth-order valence-corrected chi connectivity index (χ4v) is 2.32. The van der Waals surface area contributed by atoms with Gasteiger partial charge in [0.15, 0.2) is 11.2 Å². The van der Waals surface area contributed by atoms with Gasteiger partial charge in [0.2, 0.25) is 0 Å². The molecule has 1 fully saturated rings. The Labute approximate surface area is 118 Å². The molecule has 0 unspecified atom stereocenters. The van der Waals surface area contributed by atoms with Gasteiger partial charge in [0.05, 0.1) is 19.8 Å². The van der Waals surface area contributed by atoms with Crippen molar-refractivity contribution >= 4 is 17.8 Å². The maximum Gasteiger partial charge on any atom is 0.322 e. The molecule has 0 aromatic heterocycles. The summed E-state index contributed by atoms with van der Waals surface area (Å²) in [5.74, 6) is -0.691. The van der Waals surface area contributed by atoms with Crippen LogP contribution >= 0.6 is 0 Å². The molecule has 0 radical (unpaired) electrons. The number of Topliss-reactive ketones (excluding diaryl/α,β-unsaturated/α-hetero) is 1. The van der Waals surface area contributed by atoms with Gasteiger partial charge in [-0.3, -0.25) is 9.59 Å². The molecule has 0 saturated carbocycles. The molecule has 1 heterocycles. The van der Waals surface area contributed by atoms with Crippen LogP contribution < -0.4 is 0 Å². The van der Waals surface area contributed by atoms with Crippen molar-refractivity contribution < 1.29 is 19.1 Å². The average molecular weight is 274 g/mol.